The highest BCUT2D eigenvalue weighted by Gasteiger charge is 2.35. The fourth-order valence-corrected chi connectivity index (χ4v) is 6.58. The minimum Gasteiger partial charge on any atom is -0.456 e. The molecule has 7 aromatic rings. The Kier molecular flexibility index (Phi) is 5.20. The fraction of sp³-hybridized carbons (Fsp3) is 0.0769. The van der Waals surface area contributed by atoms with Crippen LogP contribution in [-0.4, -0.2) is 0 Å². The number of para-hydroxylation sites is 2. The maximum absolute atomic E-state index is 6.24. The second kappa shape index (κ2) is 8.97. The molecule has 0 spiro atoms. The number of furan rings is 1. The molecule has 1 heterocycles. The quantitative estimate of drug-likeness (QED) is 0.226. The Morgan fingerprint density at radius 3 is 1.95 bits per heavy atom. The molecule has 0 radical (unpaired) electrons. The van der Waals surface area contributed by atoms with Gasteiger partial charge in [-0.3, -0.25) is 0 Å². The molecular formula is C39H29NO. The van der Waals surface area contributed by atoms with E-state index in [9.17, 15) is 0 Å². The van der Waals surface area contributed by atoms with E-state index < -0.39 is 0 Å². The molecule has 0 fully saturated rings. The Morgan fingerprint density at radius 2 is 1.10 bits per heavy atom. The lowest BCUT2D eigenvalue weighted by atomic mass is 9.82. The zero-order valence-corrected chi connectivity index (χ0v) is 23.1. The van der Waals surface area contributed by atoms with E-state index in [0.29, 0.717) is 0 Å². The van der Waals surface area contributed by atoms with Gasteiger partial charge in [0.25, 0.3) is 0 Å². The molecule has 2 nitrogen and oxygen atoms in total. The largest absolute Gasteiger partial charge is 0.456 e. The van der Waals surface area contributed by atoms with E-state index in [4.69, 9.17) is 4.42 Å². The first-order valence-electron chi connectivity index (χ1n) is 14.2. The van der Waals surface area contributed by atoms with Crippen LogP contribution in [0, 0.1) is 0 Å². The summed E-state index contributed by atoms with van der Waals surface area (Å²) in [7, 11) is 0. The lowest BCUT2D eigenvalue weighted by Crippen LogP contribution is -2.14. The van der Waals surface area contributed by atoms with Gasteiger partial charge in [-0.25, -0.2) is 0 Å². The molecule has 0 saturated carbocycles. The Labute approximate surface area is 240 Å². The van der Waals surface area contributed by atoms with Gasteiger partial charge in [-0.05, 0) is 81.9 Å². The molecule has 1 aromatic heterocycles. The van der Waals surface area contributed by atoms with Crippen molar-refractivity contribution in [1.29, 1.82) is 0 Å². The summed E-state index contributed by atoms with van der Waals surface area (Å²) in [5.41, 5.74) is 13.0. The topological polar surface area (TPSA) is 16.4 Å². The SMILES string of the molecule is CC1(C)c2ccccc2-c2cc(-c3ccc(N(c4ccccc4)c4ccc5c(c4)oc4ccccc45)cc3)ccc21. The highest BCUT2D eigenvalue weighted by molar-refractivity contribution is 6.06. The molecule has 0 unspecified atom stereocenters. The van der Waals surface area contributed by atoms with Crippen LogP contribution < -0.4 is 4.90 Å². The van der Waals surface area contributed by atoms with Crippen LogP contribution in [0.5, 0.6) is 0 Å². The van der Waals surface area contributed by atoms with Crippen LogP contribution in [0.3, 0.4) is 0 Å². The molecule has 0 N–H and O–H groups in total. The summed E-state index contributed by atoms with van der Waals surface area (Å²) in [4.78, 5) is 2.29. The third kappa shape index (κ3) is 3.72. The van der Waals surface area contributed by atoms with Crippen molar-refractivity contribution in [3.05, 3.63) is 151 Å². The highest BCUT2D eigenvalue weighted by Crippen LogP contribution is 2.49. The van der Waals surface area contributed by atoms with E-state index in [1.165, 1.54) is 33.4 Å². The van der Waals surface area contributed by atoms with Crippen molar-refractivity contribution in [1.82, 2.24) is 0 Å². The van der Waals surface area contributed by atoms with Gasteiger partial charge in [-0.1, -0.05) is 98.8 Å². The molecule has 1 aliphatic rings. The molecule has 0 amide bonds. The maximum atomic E-state index is 6.24. The lowest BCUT2D eigenvalue weighted by Gasteiger charge is -2.25. The molecule has 41 heavy (non-hydrogen) atoms. The van der Waals surface area contributed by atoms with E-state index in [2.05, 4.69) is 146 Å². The minimum atomic E-state index is 0.0193. The predicted octanol–water partition coefficient (Wildman–Crippen LogP) is 11.0. The van der Waals surface area contributed by atoms with Gasteiger partial charge in [-0.15, -0.1) is 0 Å². The van der Waals surface area contributed by atoms with Crippen LogP contribution in [0.1, 0.15) is 25.0 Å². The second-order valence-corrected chi connectivity index (χ2v) is 11.4. The van der Waals surface area contributed by atoms with Crippen LogP contribution in [-0.2, 0) is 5.41 Å². The summed E-state index contributed by atoms with van der Waals surface area (Å²) < 4.78 is 6.24. The van der Waals surface area contributed by atoms with Crippen LogP contribution >= 0.6 is 0 Å². The number of benzene rings is 6. The number of anilines is 3. The number of rotatable bonds is 4. The summed E-state index contributed by atoms with van der Waals surface area (Å²) in [5.74, 6) is 0. The number of hydrogen-bond acceptors (Lipinski definition) is 2. The van der Waals surface area contributed by atoms with Gasteiger partial charge in [0.05, 0.1) is 0 Å². The van der Waals surface area contributed by atoms with Crippen LogP contribution in [0.4, 0.5) is 17.1 Å². The van der Waals surface area contributed by atoms with Crippen molar-refractivity contribution in [3.8, 4) is 22.3 Å². The van der Waals surface area contributed by atoms with Crippen LogP contribution in [0.25, 0.3) is 44.2 Å². The third-order valence-electron chi connectivity index (χ3n) is 8.68. The van der Waals surface area contributed by atoms with Gasteiger partial charge < -0.3 is 9.32 Å². The van der Waals surface area contributed by atoms with E-state index in [1.807, 2.05) is 12.1 Å². The highest BCUT2D eigenvalue weighted by atomic mass is 16.3. The van der Waals surface area contributed by atoms with E-state index in [1.54, 1.807) is 0 Å². The van der Waals surface area contributed by atoms with E-state index in [-0.39, 0.29) is 5.41 Å². The molecule has 0 saturated heterocycles. The summed E-state index contributed by atoms with van der Waals surface area (Å²) in [6.45, 7) is 4.65. The molecule has 0 atom stereocenters. The van der Waals surface area contributed by atoms with Gasteiger partial charge in [0.2, 0.25) is 0 Å². The Balaban J connectivity index is 1.20. The van der Waals surface area contributed by atoms with Crippen molar-refractivity contribution in [2.75, 3.05) is 4.90 Å². The summed E-state index contributed by atoms with van der Waals surface area (Å²) in [6.07, 6.45) is 0. The molecule has 196 valence electrons. The molecule has 6 aromatic carbocycles. The van der Waals surface area contributed by atoms with Gasteiger partial charge in [-0.2, -0.15) is 0 Å². The molecule has 0 bridgehead atoms. The molecule has 1 aliphatic carbocycles. The minimum absolute atomic E-state index is 0.0193. The van der Waals surface area contributed by atoms with Crippen molar-refractivity contribution in [2.45, 2.75) is 19.3 Å². The normalized spacial score (nSPS) is 13.3. The van der Waals surface area contributed by atoms with Crippen molar-refractivity contribution in [3.63, 3.8) is 0 Å². The van der Waals surface area contributed by atoms with Crippen molar-refractivity contribution < 1.29 is 4.42 Å². The van der Waals surface area contributed by atoms with Crippen molar-refractivity contribution >= 4 is 39.0 Å². The average Bonchev–Trinajstić information content (AvgIpc) is 3.50. The summed E-state index contributed by atoms with van der Waals surface area (Å²) in [5, 5.41) is 2.28. The van der Waals surface area contributed by atoms with Crippen LogP contribution in [0.15, 0.2) is 144 Å². The van der Waals surface area contributed by atoms with Crippen LogP contribution in [0.2, 0.25) is 0 Å². The number of nitrogens with zero attached hydrogens (tertiary/aromatic N) is 1. The van der Waals surface area contributed by atoms with E-state index in [0.717, 1.165) is 39.0 Å². The molecular weight excluding hydrogens is 498 g/mol. The smallest absolute Gasteiger partial charge is 0.137 e. The van der Waals surface area contributed by atoms with Gasteiger partial charge in [0, 0.05) is 39.3 Å². The zero-order valence-electron chi connectivity index (χ0n) is 23.1. The molecule has 0 aliphatic heterocycles. The second-order valence-electron chi connectivity index (χ2n) is 11.4. The first-order chi connectivity index (χ1) is 20.1. The molecule has 2 heteroatoms. The maximum Gasteiger partial charge on any atom is 0.137 e. The summed E-state index contributed by atoms with van der Waals surface area (Å²) >= 11 is 0. The van der Waals surface area contributed by atoms with Gasteiger partial charge in [0.15, 0.2) is 0 Å². The van der Waals surface area contributed by atoms with Crippen molar-refractivity contribution in [2.24, 2.45) is 0 Å². The Hall–Kier alpha value is -5.08. The number of hydrogen-bond donors (Lipinski definition) is 0. The average molecular weight is 528 g/mol. The Morgan fingerprint density at radius 1 is 0.463 bits per heavy atom. The Bertz CT molecular complexity index is 2070. The fourth-order valence-electron chi connectivity index (χ4n) is 6.58. The zero-order chi connectivity index (χ0) is 27.6. The monoisotopic (exact) mass is 527 g/mol. The molecule has 8 rings (SSSR count). The summed E-state index contributed by atoms with van der Waals surface area (Å²) in [6, 6.07) is 49.9. The van der Waals surface area contributed by atoms with Gasteiger partial charge in [0.1, 0.15) is 11.2 Å². The first-order valence-corrected chi connectivity index (χ1v) is 14.2. The number of fused-ring (bicyclic) bond motifs is 6. The lowest BCUT2D eigenvalue weighted by molar-refractivity contribution is 0.660. The standard InChI is InChI=1S/C39H29NO/c1-39(2)35-14-8-6-12-31(35)34-24-27(18-23-36(34)39)26-16-19-29(20-17-26)40(28-10-4-3-5-11-28)30-21-22-33-32-13-7-9-15-37(32)41-38(33)25-30/h3-25H,1-2H3. The first kappa shape index (κ1) is 23.8. The predicted molar refractivity (Wildman–Crippen MR) is 171 cm³/mol. The van der Waals surface area contributed by atoms with Gasteiger partial charge >= 0.3 is 0 Å². The van der Waals surface area contributed by atoms with E-state index >= 15 is 0 Å². The third-order valence-corrected chi connectivity index (χ3v) is 8.68.